The largest absolute Gasteiger partial charge is 0.440 e. The molecule has 2 aromatic heterocycles. The number of aromatic nitrogens is 4. The van der Waals surface area contributed by atoms with E-state index in [0.717, 1.165) is 40.5 Å². The molecule has 0 aliphatic rings. The van der Waals surface area contributed by atoms with Crippen LogP contribution in [0, 0.1) is 39.3 Å². The van der Waals surface area contributed by atoms with Crippen molar-refractivity contribution in [3.8, 4) is 23.3 Å². The summed E-state index contributed by atoms with van der Waals surface area (Å²) in [4.78, 5) is 55.4. The Kier molecular flexibility index (Phi) is 11.2. The number of hydrogen-bond donors (Lipinski definition) is 3. The van der Waals surface area contributed by atoms with Crippen molar-refractivity contribution in [2.24, 2.45) is 0 Å². The Balaban J connectivity index is 0.000000237. The lowest BCUT2D eigenvalue weighted by Gasteiger charge is -2.19. The minimum atomic E-state index is -0.752. The lowest BCUT2D eigenvalue weighted by atomic mass is 10.1. The average Bonchev–Trinajstić information content (AvgIpc) is 2.93. The van der Waals surface area contributed by atoms with Crippen LogP contribution in [0.4, 0.5) is 8.78 Å². The Bertz CT molecular complexity index is 2170. The molecule has 0 fully saturated rings. The molecule has 12 heteroatoms. The van der Waals surface area contributed by atoms with Crippen molar-refractivity contribution in [2.75, 3.05) is 0 Å². The fourth-order valence-electron chi connectivity index (χ4n) is 5.51. The molecule has 0 saturated carbocycles. The van der Waals surface area contributed by atoms with E-state index >= 15 is 0 Å². The van der Waals surface area contributed by atoms with Crippen LogP contribution in [0.5, 0.6) is 23.3 Å². The molecule has 0 radical (unpaired) electrons. The molecule has 0 saturated heterocycles. The minimum Gasteiger partial charge on any atom is -0.440 e. The van der Waals surface area contributed by atoms with E-state index in [9.17, 15) is 28.0 Å². The zero-order valence-electron chi connectivity index (χ0n) is 28.7. The molecule has 5 aromatic rings. The Morgan fingerprint density at radius 3 is 1.57 bits per heavy atom. The van der Waals surface area contributed by atoms with Gasteiger partial charge in [0.1, 0.15) is 23.1 Å². The highest BCUT2D eigenvalue weighted by Crippen LogP contribution is 2.29. The third-order valence-corrected chi connectivity index (χ3v) is 7.37. The minimum absolute atomic E-state index is 0.0587. The first-order chi connectivity index (χ1) is 23.0. The smallest absolute Gasteiger partial charge is 0.331 e. The normalized spacial score (nSPS) is 11.0. The van der Waals surface area contributed by atoms with Gasteiger partial charge in [0.05, 0.1) is 17.7 Å². The van der Waals surface area contributed by atoms with Crippen molar-refractivity contribution in [3.05, 3.63) is 147 Å². The van der Waals surface area contributed by atoms with Crippen LogP contribution in [0.1, 0.15) is 78.5 Å². The summed E-state index contributed by atoms with van der Waals surface area (Å²) in [5, 5.41) is 0. The number of H-pyrrole nitrogens is 3. The van der Waals surface area contributed by atoms with Gasteiger partial charge in [0.25, 0.3) is 11.1 Å². The zero-order valence-corrected chi connectivity index (χ0v) is 28.7. The van der Waals surface area contributed by atoms with Crippen LogP contribution in [-0.4, -0.2) is 19.5 Å². The molecule has 2 heterocycles. The second-order valence-electron chi connectivity index (χ2n) is 12.7. The summed E-state index contributed by atoms with van der Waals surface area (Å²) in [7, 11) is 0. The van der Waals surface area contributed by atoms with Crippen LogP contribution in [0.25, 0.3) is 0 Å². The molecule has 0 amide bonds. The van der Waals surface area contributed by atoms with Crippen LogP contribution < -0.4 is 32.0 Å². The van der Waals surface area contributed by atoms with Gasteiger partial charge in [0, 0.05) is 6.07 Å². The van der Waals surface area contributed by atoms with E-state index in [2.05, 4.69) is 15.0 Å². The van der Waals surface area contributed by atoms with Crippen molar-refractivity contribution in [2.45, 2.75) is 73.8 Å². The summed E-state index contributed by atoms with van der Waals surface area (Å²) in [6, 6.07) is 14.3. The van der Waals surface area contributed by atoms with E-state index < -0.39 is 34.1 Å². The summed E-state index contributed by atoms with van der Waals surface area (Å²) in [5.74, 6) is -0.481. The van der Waals surface area contributed by atoms with Gasteiger partial charge in [-0.05, 0) is 104 Å². The number of hydrogen-bond acceptors (Lipinski definition) is 6. The van der Waals surface area contributed by atoms with Gasteiger partial charge in [-0.15, -0.1) is 0 Å². The number of nitrogens with zero attached hydrogens (tertiary/aromatic N) is 1. The lowest BCUT2D eigenvalue weighted by molar-refractivity contribution is 0.409. The van der Waals surface area contributed by atoms with Crippen LogP contribution in [-0.2, 0) is 6.54 Å². The molecule has 10 nitrogen and oxygen atoms in total. The molecule has 3 aromatic carbocycles. The first-order valence-electron chi connectivity index (χ1n) is 15.7. The molecule has 0 aliphatic heterocycles. The second kappa shape index (κ2) is 15.1. The highest BCUT2D eigenvalue weighted by molar-refractivity contribution is 5.39. The number of ether oxygens (including phenoxy) is 2. The van der Waals surface area contributed by atoms with Crippen LogP contribution in [0.15, 0.2) is 73.8 Å². The van der Waals surface area contributed by atoms with Crippen molar-refractivity contribution in [1.29, 1.82) is 0 Å². The average molecular weight is 675 g/mol. The van der Waals surface area contributed by atoms with Gasteiger partial charge in [-0.3, -0.25) is 29.1 Å². The van der Waals surface area contributed by atoms with E-state index in [1.165, 1.54) is 4.57 Å². The van der Waals surface area contributed by atoms with E-state index in [0.29, 0.717) is 17.1 Å². The number of aryl methyl sites for hydroxylation is 4. The first-order valence-corrected chi connectivity index (χ1v) is 15.7. The van der Waals surface area contributed by atoms with E-state index in [-0.39, 0.29) is 41.3 Å². The maximum Gasteiger partial charge on any atom is 0.331 e. The summed E-state index contributed by atoms with van der Waals surface area (Å²) < 4.78 is 40.2. The van der Waals surface area contributed by atoms with E-state index in [1.54, 1.807) is 26.0 Å². The molecule has 0 unspecified atom stereocenters. The maximum absolute atomic E-state index is 13.6. The predicted molar refractivity (Wildman–Crippen MR) is 185 cm³/mol. The Hall–Kier alpha value is -5.52. The van der Waals surface area contributed by atoms with Crippen LogP contribution >= 0.6 is 0 Å². The number of nitrogens with one attached hydrogen (secondary N) is 3. The molecule has 3 N–H and O–H groups in total. The molecule has 258 valence electrons. The van der Waals surface area contributed by atoms with Crippen LogP contribution in [0.3, 0.4) is 0 Å². The molecule has 0 spiro atoms. The van der Waals surface area contributed by atoms with Crippen molar-refractivity contribution in [1.82, 2.24) is 19.5 Å². The van der Waals surface area contributed by atoms with Gasteiger partial charge < -0.3 is 9.47 Å². The van der Waals surface area contributed by atoms with Crippen molar-refractivity contribution >= 4 is 0 Å². The van der Waals surface area contributed by atoms with Crippen LogP contribution in [0.2, 0.25) is 0 Å². The number of rotatable bonds is 8. The zero-order chi connectivity index (χ0) is 36.2. The highest BCUT2D eigenvalue weighted by atomic mass is 19.1. The van der Waals surface area contributed by atoms with Gasteiger partial charge in [0.2, 0.25) is 11.8 Å². The molecule has 0 bridgehead atoms. The number of halogens is 2. The predicted octanol–water partition coefficient (Wildman–Crippen LogP) is 6.99. The standard InChI is InChI=1S/C22H22F2N2O3.C15H18N2O3/c1-12(2)19-20(27)25-22(28)26(11-15-8-16(23)10-17(24)9-15)21(19)29-18-6-13(3)5-14(4)7-18;1-8(2)12-13(18)16-15(19)17-14(12)20-11-6-9(3)5-10(4)7-11/h5-10,12H,11H2,1-4H3,(H,25,27,28);5-8H,1-4H3,(H2,16,17,18,19). The maximum atomic E-state index is 13.6. The van der Waals surface area contributed by atoms with Crippen molar-refractivity contribution in [3.63, 3.8) is 0 Å². The first kappa shape index (κ1) is 36.3. The molecule has 0 aliphatic carbocycles. The fourth-order valence-corrected chi connectivity index (χ4v) is 5.51. The molecular formula is C37H40F2N4O6. The third kappa shape index (κ3) is 9.31. The third-order valence-electron chi connectivity index (χ3n) is 7.37. The Morgan fingerprint density at radius 1 is 0.612 bits per heavy atom. The van der Waals surface area contributed by atoms with E-state index in [1.807, 2.05) is 65.8 Å². The number of aromatic amines is 3. The van der Waals surface area contributed by atoms with Crippen molar-refractivity contribution < 1.29 is 18.3 Å². The summed E-state index contributed by atoms with van der Waals surface area (Å²) >= 11 is 0. The van der Waals surface area contributed by atoms with Gasteiger partial charge in [0.15, 0.2) is 0 Å². The van der Waals surface area contributed by atoms with E-state index in [4.69, 9.17) is 9.47 Å². The SMILES string of the molecule is Cc1cc(C)cc(Oc2[nH]c(=O)[nH]c(=O)c2C(C)C)c1.Cc1cc(C)cc(Oc2c(C(C)C)c(=O)[nH]c(=O)n2Cc2cc(F)cc(F)c2)c1. The topological polar surface area (TPSA) is 139 Å². The van der Waals surface area contributed by atoms with Gasteiger partial charge in [-0.25, -0.2) is 18.4 Å². The second-order valence-corrected chi connectivity index (χ2v) is 12.7. The van der Waals surface area contributed by atoms with Gasteiger partial charge >= 0.3 is 11.4 Å². The molecule has 0 atom stereocenters. The Labute approximate surface area is 281 Å². The summed E-state index contributed by atoms with van der Waals surface area (Å²) in [5.41, 5.74) is 2.71. The summed E-state index contributed by atoms with van der Waals surface area (Å²) in [6.45, 7) is 14.9. The Morgan fingerprint density at radius 2 is 1.08 bits per heavy atom. The molecule has 5 rings (SSSR count). The fraction of sp³-hybridized carbons (Fsp3) is 0.297. The molecule has 49 heavy (non-hydrogen) atoms. The highest BCUT2D eigenvalue weighted by Gasteiger charge is 2.21. The quantitative estimate of drug-likeness (QED) is 0.162. The lowest BCUT2D eigenvalue weighted by Crippen LogP contribution is -2.34. The van der Waals surface area contributed by atoms with Gasteiger partial charge in [-0.2, -0.15) is 0 Å². The van der Waals surface area contributed by atoms with Gasteiger partial charge in [-0.1, -0.05) is 39.8 Å². The molecular weight excluding hydrogens is 634 g/mol. The number of benzene rings is 3. The summed E-state index contributed by atoms with van der Waals surface area (Å²) in [6.07, 6.45) is 0. The monoisotopic (exact) mass is 674 g/mol.